The second-order valence-corrected chi connectivity index (χ2v) is 6.95. The second-order valence-electron chi connectivity index (χ2n) is 4.08. The van der Waals surface area contributed by atoms with Gasteiger partial charge in [0, 0.05) is 23.3 Å². The van der Waals surface area contributed by atoms with Gasteiger partial charge in [0.2, 0.25) is 5.43 Å². The van der Waals surface area contributed by atoms with Gasteiger partial charge in [0.25, 0.3) is 10.0 Å². The van der Waals surface area contributed by atoms with E-state index in [1.165, 1.54) is 17.5 Å². The summed E-state index contributed by atoms with van der Waals surface area (Å²) in [5.41, 5.74) is 0.403. The average molecular weight is 309 g/mol. The van der Waals surface area contributed by atoms with Crippen molar-refractivity contribution in [3.63, 3.8) is 0 Å². The Hall–Kier alpha value is -2.11. The molecule has 0 amide bonds. The number of nitriles is 1. The molecule has 8 heteroatoms. The van der Waals surface area contributed by atoms with Crippen LogP contribution < -0.4 is 10.2 Å². The third-order valence-electron chi connectivity index (χ3n) is 2.80. The molecule has 0 bridgehead atoms. The van der Waals surface area contributed by atoms with Crippen molar-refractivity contribution in [2.75, 3.05) is 4.72 Å². The Morgan fingerprint density at radius 1 is 1.40 bits per heavy atom. The molecule has 0 atom stereocenters. The number of hydrogen-bond acceptors (Lipinski definition) is 5. The SMILES string of the molecule is Cc1sc(NS(=O)(=O)c2c[nH]ccc2=O)c(C#N)c1C. The Kier molecular flexibility index (Phi) is 3.65. The molecule has 2 N–H and O–H groups in total. The van der Waals surface area contributed by atoms with Gasteiger partial charge >= 0.3 is 0 Å². The summed E-state index contributed by atoms with van der Waals surface area (Å²) >= 11 is 1.17. The lowest BCUT2D eigenvalue weighted by atomic mass is 10.2. The Morgan fingerprint density at radius 3 is 2.70 bits per heavy atom. The molecule has 0 unspecified atom stereocenters. The predicted octanol–water partition coefficient (Wildman–Crippen LogP) is 1.73. The number of aromatic amines is 1. The quantitative estimate of drug-likeness (QED) is 0.901. The molecule has 0 aromatic carbocycles. The van der Waals surface area contributed by atoms with Gasteiger partial charge in [-0.3, -0.25) is 9.52 Å². The molecule has 2 aromatic rings. The van der Waals surface area contributed by atoms with Gasteiger partial charge in [0.05, 0.1) is 5.56 Å². The number of anilines is 1. The predicted molar refractivity (Wildman–Crippen MR) is 76.4 cm³/mol. The van der Waals surface area contributed by atoms with Crippen LogP contribution in [0.5, 0.6) is 0 Å². The van der Waals surface area contributed by atoms with Gasteiger partial charge in [-0.1, -0.05) is 0 Å². The van der Waals surface area contributed by atoms with Crippen molar-refractivity contribution in [1.29, 1.82) is 5.26 Å². The molecule has 0 aliphatic carbocycles. The molecule has 0 radical (unpaired) electrons. The van der Waals surface area contributed by atoms with Crippen LogP contribution in [-0.2, 0) is 10.0 Å². The Balaban J connectivity index is 2.50. The third kappa shape index (κ3) is 2.45. The number of aryl methyl sites for hydroxylation is 1. The van der Waals surface area contributed by atoms with Gasteiger partial charge in [-0.05, 0) is 19.4 Å². The van der Waals surface area contributed by atoms with E-state index in [-0.39, 0.29) is 15.5 Å². The summed E-state index contributed by atoms with van der Waals surface area (Å²) < 4.78 is 26.7. The largest absolute Gasteiger partial charge is 0.366 e. The van der Waals surface area contributed by atoms with E-state index in [9.17, 15) is 13.2 Å². The molecule has 0 saturated heterocycles. The van der Waals surface area contributed by atoms with E-state index in [1.807, 2.05) is 6.07 Å². The van der Waals surface area contributed by atoms with Crippen molar-refractivity contribution in [2.24, 2.45) is 0 Å². The highest BCUT2D eigenvalue weighted by Gasteiger charge is 2.22. The van der Waals surface area contributed by atoms with Gasteiger partial charge in [0.1, 0.15) is 11.1 Å². The number of pyridine rings is 1. The number of thiophene rings is 1. The summed E-state index contributed by atoms with van der Waals surface area (Å²) in [4.78, 5) is 14.6. The number of nitrogens with one attached hydrogen (secondary N) is 2. The smallest absolute Gasteiger partial charge is 0.267 e. The lowest BCUT2D eigenvalue weighted by Crippen LogP contribution is -2.20. The van der Waals surface area contributed by atoms with Crippen molar-refractivity contribution in [1.82, 2.24) is 4.98 Å². The van der Waals surface area contributed by atoms with E-state index >= 15 is 0 Å². The van der Waals surface area contributed by atoms with E-state index < -0.39 is 15.5 Å². The maximum Gasteiger partial charge on any atom is 0.267 e. The molecule has 0 aliphatic heterocycles. The normalized spacial score (nSPS) is 11.1. The van der Waals surface area contributed by atoms with Crippen LogP contribution in [0.1, 0.15) is 16.0 Å². The lowest BCUT2D eigenvalue weighted by Gasteiger charge is -2.05. The maximum atomic E-state index is 12.2. The number of aromatic nitrogens is 1. The average Bonchev–Trinajstić information content (AvgIpc) is 2.64. The fraction of sp³-hybridized carbons (Fsp3) is 0.167. The first-order valence-corrected chi connectivity index (χ1v) is 7.87. The highest BCUT2D eigenvalue weighted by Crippen LogP contribution is 2.32. The molecule has 0 fully saturated rings. The molecular formula is C12H11N3O3S2. The van der Waals surface area contributed by atoms with Gasteiger partial charge in [0.15, 0.2) is 4.90 Å². The summed E-state index contributed by atoms with van der Waals surface area (Å²) in [7, 11) is -4.01. The summed E-state index contributed by atoms with van der Waals surface area (Å²) in [5.74, 6) is 0. The van der Waals surface area contributed by atoms with Crippen LogP contribution in [0, 0.1) is 25.2 Å². The molecule has 20 heavy (non-hydrogen) atoms. The minimum Gasteiger partial charge on any atom is -0.366 e. The van der Waals surface area contributed by atoms with Crippen molar-refractivity contribution in [2.45, 2.75) is 18.7 Å². The molecule has 2 heterocycles. The van der Waals surface area contributed by atoms with Crippen LogP contribution in [-0.4, -0.2) is 13.4 Å². The first kappa shape index (κ1) is 14.3. The van der Waals surface area contributed by atoms with Crippen molar-refractivity contribution < 1.29 is 8.42 Å². The lowest BCUT2D eigenvalue weighted by molar-refractivity contribution is 0.600. The van der Waals surface area contributed by atoms with Crippen molar-refractivity contribution in [3.8, 4) is 6.07 Å². The Morgan fingerprint density at radius 2 is 2.10 bits per heavy atom. The Labute approximate surface area is 119 Å². The molecular weight excluding hydrogens is 298 g/mol. The number of nitrogens with zero attached hydrogens (tertiary/aromatic N) is 1. The first-order chi connectivity index (χ1) is 9.36. The van der Waals surface area contributed by atoms with Gasteiger partial charge in [-0.25, -0.2) is 8.42 Å². The molecule has 0 spiro atoms. The summed E-state index contributed by atoms with van der Waals surface area (Å²) in [6.45, 7) is 3.55. The fourth-order valence-corrected chi connectivity index (χ4v) is 3.99. The van der Waals surface area contributed by atoms with Crippen LogP contribution in [0.2, 0.25) is 0 Å². The summed E-state index contributed by atoms with van der Waals surface area (Å²) in [5, 5.41) is 9.32. The molecule has 104 valence electrons. The van der Waals surface area contributed by atoms with E-state index in [1.54, 1.807) is 13.8 Å². The monoisotopic (exact) mass is 309 g/mol. The molecule has 0 saturated carbocycles. The van der Waals surface area contributed by atoms with E-state index in [0.29, 0.717) is 0 Å². The molecule has 6 nitrogen and oxygen atoms in total. The number of sulfonamides is 1. The highest BCUT2D eigenvalue weighted by molar-refractivity contribution is 7.93. The minimum atomic E-state index is -4.01. The summed E-state index contributed by atoms with van der Waals surface area (Å²) in [6, 6.07) is 3.10. The van der Waals surface area contributed by atoms with Crippen LogP contribution in [0.4, 0.5) is 5.00 Å². The van der Waals surface area contributed by atoms with E-state index in [4.69, 9.17) is 5.26 Å². The van der Waals surface area contributed by atoms with Crippen molar-refractivity contribution >= 4 is 26.4 Å². The Bertz CT molecular complexity index is 857. The first-order valence-electron chi connectivity index (χ1n) is 5.57. The van der Waals surface area contributed by atoms with Gasteiger partial charge < -0.3 is 4.98 Å². The topological polar surface area (TPSA) is 103 Å². The number of hydrogen-bond donors (Lipinski definition) is 2. The van der Waals surface area contributed by atoms with Gasteiger partial charge in [-0.15, -0.1) is 11.3 Å². The second kappa shape index (κ2) is 5.11. The molecule has 2 rings (SSSR count). The van der Waals surface area contributed by atoms with Crippen LogP contribution in [0.3, 0.4) is 0 Å². The maximum absolute atomic E-state index is 12.2. The third-order valence-corrected chi connectivity index (χ3v) is 5.42. The van der Waals surface area contributed by atoms with Crippen LogP contribution in [0.15, 0.2) is 28.2 Å². The number of rotatable bonds is 3. The van der Waals surface area contributed by atoms with E-state index in [2.05, 4.69) is 9.71 Å². The van der Waals surface area contributed by atoms with Crippen molar-refractivity contribution in [3.05, 3.63) is 44.7 Å². The highest BCUT2D eigenvalue weighted by atomic mass is 32.2. The zero-order chi connectivity index (χ0) is 14.9. The zero-order valence-electron chi connectivity index (χ0n) is 10.7. The fourth-order valence-electron chi connectivity index (χ4n) is 1.62. The van der Waals surface area contributed by atoms with Crippen LogP contribution >= 0.6 is 11.3 Å². The molecule has 2 aromatic heterocycles. The zero-order valence-corrected chi connectivity index (χ0v) is 12.4. The minimum absolute atomic E-state index is 0.228. The molecule has 0 aliphatic rings. The van der Waals surface area contributed by atoms with Crippen LogP contribution in [0.25, 0.3) is 0 Å². The number of H-pyrrole nitrogens is 1. The summed E-state index contributed by atoms with van der Waals surface area (Å²) in [6.07, 6.45) is 2.46. The standard InChI is InChI=1S/C12H11N3O3S2/c1-7-8(2)19-12(9(7)5-13)15-20(17,18)11-6-14-4-3-10(11)16/h3-4,6,15H,1-2H3,(H,14,16). The van der Waals surface area contributed by atoms with E-state index in [0.717, 1.165) is 22.7 Å². The van der Waals surface area contributed by atoms with Gasteiger partial charge in [-0.2, -0.15) is 5.26 Å².